The zero-order valence-corrected chi connectivity index (χ0v) is 11.9. The van der Waals surface area contributed by atoms with Crippen molar-refractivity contribution in [2.45, 2.75) is 25.2 Å². The fourth-order valence-electron chi connectivity index (χ4n) is 3.13. The first-order valence-corrected chi connectivity index (χ1v) is 7.88. The molecule has 3 fully saturated rings. The number of sulfonamides is 1. The van der Waals surface area contributed by atoms with Gasteiger partial charge in [0.2, 0.25) is 10.0 Å². The normalized spacial score (nSPS) is 31.1. The molecule has 1 saturated carbocycles. The van der Waals surface area contributed by atoms with Crippen LogP contribution in [0.2, 0.25) is 0 Å². The molecule has 0 radical (unpaired) electrons. The quantitative estimate of drug-likeness (QED) is 0.826. The van der Waals surface area contributed by atoms with Crippen LogP contribution in [0.3, 0.4) is 0 Å². The monoisotopic (exact) mass is 279 g/mol. The molecule has 2 saturated heterocycles. The molecule has 1 aromatic rings. The largest absolute Gasteiger partial charge is 0.299 e. The van der Waals surface area contributed by atoms with Crippen molar-refractivity contribution in [3.8, 4) is 0 Å². The molecule has 3 aliphatic rings. The third-order valence-corrected chi connectivity index (χ3v) is 6.10. The first-order valence-electron chi connectivity index (χ1n) is 6.44. The Balaban J connectivity index is 1.90. The van der Waals surface area contributed by atoms with E-state index in [0.717, 1.165) is 12.0 Å². The summed E-state index contributed by atoms with van der Waals surface area (Å²) in [7, 11) is -3.46. The van der Waals surface area contributed by atoms with Crippen LogP contribution in [0.15, 0.2) is 29.2 Å². The van der Waals surface area contributed by atoms with E-state index >= 15 is 0 Å². The second-order valence-electron chi connectivity index (χ2n) is 5.94. The molecule has 5 heteroatoms. The summed E-state index contributed by atoms with van der Waals surface area (Å²) in [5, 5.41) is 0. The molecule has 102 valence electrons. The number of nitrogens with zero attached hydrogens (tertiary/aromatic N) is 1. The van der Waals surface area contributed by atoms with Gasteiger partial charge in [0.1, 0.15) is 5.78 Å². The molecule has 0 N–H and O–H groups in total. The fourth-order valence-corrected chi connectivity index (χ4v) is 4.74. The van der Waals surface area contributed by atoms with Gasteiger partial charge in [0.15, 0.2) is 0 Å². The topological polar surface area (TPSA) is 54.5 Å². The van der Waals surface area contributed by atoms with Gasteiger partial charge in [-0.25, -0.2) is 8.42 Å². The predicted molar refractivity (Wildman–Crippen MR) is 71.2 cm³/mol. The average molecular weight is 279 g/mol. The number of carbonyl (C=O) groups is 1. The van der Waals surface area contributed by atoms with Crippen LogP contribution in [-0.4, -0.2) is 31.6 Å². The number of carbonyl (C=O) groups excluding carboxylic acids is 1. The van der Waals surface area contributed by atoms with Crippen LogP contribution in [-0.2, 0) is 14.8 Å². The number of rotatable bonds is 2. The molecular formula is C14H17NO3S. The van der Waals surface area contributed by atoms with Crippen LogP contribution in [0.4, 0.5) is 0 Å². The van der Waals surface area contributed by atoms with Gasteiger partial charge in [0.05, 0.1) is 4.90 Å². The fraction of sp³-hybridized carbons (Fsp3) is 0.500. The molecule has 1 aliphatic carbocycles. The van der Waals surface area contributed by atoms with Crippen LogP contribution in [0.1, 0.15) is 18.9 Å². The third-order valence-electron chi connectivity index (χ3n) is 4.27. The number of aryl methyl sites for hydroxylation is 1. The van der Waals surface area contributed by atoms with Crippen molar-refractivity contribution in [1.82, 2.24) is 4.31 Å². The van der Waals surface area contributed by atoms with E-state index in [1.807, 2.05) is 13.8 Å². The second kappa shape index (κ2) is 3.90. The zero-order valence-electron chi connectivity index (χ0n) is 11.1. The van der Waals surface area contributed by atoms with Crippen molar-refractivity contribution in [1.29, 1.82) is 0 Å². The van der Waals surface area contributed by atoms with E-state index in [4.69, 9.17) is 0 Å². The van der Waals surface area contributed by atoms with Gasteiger partial charge in [-0.15, -0.1) is 0 Å². The maximum absolute atomic E-state index is 12.5. The highest BCUT2D eigenvalue weighted by Crippen LogP contribution is 2.47. The Labute approximate surface area is 113 Å². The maximum atomic E-state index is 12.5. The first kappa shape index (κ1) is 12.8. The highest BCUT2D eigenvalue weighted by atomic mass is 32.2. The molecule has 1 aromatic carbocycles. The molecule has 0 aromatic heterocycles. The highest BCUT2D eigenvalue weighted by Gasteiger charge is 2.56. The summed E-state index contributed by atoms with van der Waals surface area (Å²) < 4.78 is 26.5. The summed E-state index contributed by atoms with van der Waals surface area (Å²) in [5.74, 6) is 0.127. The number of hydrogen-bond acceptors (Lipinski definition) is 3. The summed E-state index contributed by atoms with van der Waals surface area (Å²) in [6.45, 7) is 4.44. The Kier molecular flexibility index (Phi) is 2.63. The summed E-state index contributed by atoms with van der Waals surface area (Å²) in [4.78, 5) is 12.1. The number of hydrogen-bond donors (Lipinski definition) is 0. The van der Waals surface area contributed by atoms with Crippen LogP contribution in [0.25, 0.3) is 0 Å². The first-order chi connectivity index (χ1) is 8.83. The van der Waals surface area contributed by atoms with Gasteiger partial charge in [-0.3, -0.25) is 4.79 Å². The lowest BCUT2D eigenvalue weighted by Gasteiger charge is -2.52. The Hall–Kier alpha value is -1.20. The van der Waals surface area contributed by atoms with E-state index in [-0.39, 0.29) is 11.7 Å². The molecule has 2 unspecified atom stereocenters. The van der Waals surface area contributed by atoms with Crippen LogP contribution in [0.5, 0.6) is 0 Å². The van der Waals surface area contributed by atoms with Crippen molar-refractivity contribution in [2.24, 2.45) is 11.3 Å². The van der Waals surface area contributed by atoms with E-state index in [1.54, 1.807) is 24.3 Å². The van der Waals surface area contributed by atoms with Crippen molar-refractivity contribution in [3.05, 3.63) is 29.8 Å². The lowest BCUT2D eigenvalue weighted by molar-refractivity contribution is -0.151. The van der Waals surface area contributed by atoms with Gasteiger partial charge in [-0.05, 0) is 25.5 Å². The standard InChI is InChI=1S/C14H17NO3S/c1-10-3-5-12(6-4-10)19(17,18)15-8-11-7-14(2,9-15)13(11)16/h3-6,11H,7-9H2,1-2H3. The molecule has 19 heavy (non-hydrogen) atoms. The Morgan fingerprint density at radius 1 is 1.26 bits per heavy atom. The average Bonchev–Trinajstić information content (AvgIpc) is 2.38. The predicted octanol–water partition coefficient (Wildman–Crippen LogP) is 1.59. The Bertz CT molecular complexity index is 635. The molecule has 4 rings (SSSR count). The number of benzene rings is 1. The lowest BCUT2D eigenvalue weighted by Crippen LogP contribution is -2.63. The SMILES string of the molecule is Cc1ccc(S(=O)(=O)N2CC3CC(C)(C2)C3=O)cc1. The minimum absolute atomic E-state index is 0.0982. The molecule has 2 aliphatic heterocycles. The van der Waals surface area contributed by atoms with Crippen molar-refractivity contribution in [2.75, 3.05) is 13.1 Å². The number of ketones is 1. The Morgan fingerprint density at radius 2 is 1.89 bits per heavy atom. The van der Waals surface area contributed by atoms with E-state index in [2.05, 4.69) is 0 Å². The summed E-state index contributed by atoms with van der Waals surface area (Å²) in [6, 6.07) is 6.86. The maximum Gasteiger partial charge on any atom is 0.243 e. The molecule has 4 nitrogen and oxygen atoms in total. The summed E-state index contributed by atoms with van der Waals surface area (Å²) in [5.41, 5.74) is 0.573. The molecule has 0 spiro atoms. The molecule has 2 atom stereocenters. The van der Waals surface area contributed by atoms with E-state index < -0.39 is 15.4 Å². The third kappa shape index (κ3) is 1.83. The molecule has 2 bridgehead atoms. The number of piperidine rings is 2. The van der Waals surface area contributed by atoms with Crippen LogP contribution < -0.4 is 0 Å². The summed E-state index contributed by atoms with van der Waals surface area (Å²) in [6.07, 6.45) is 0.825. The van der Waals surface area contributed by atoms with Crippen molar-refractivity contribution >= 4 is 15.8 Å². The van der Waals surface area contributed by atoms with Gasteiger partial charge < -0.3 is 0 Å². The van der Waals surface area contributed by atoms with Crippen LogP contribution in [0, 0.1) is 18.3 Å². The highest BCUT2D eigenvalue weighted by molar-refractivity contribution is 7.89. The van der Waals surface area contributed by atoms with Gasteiger partial charge in [-0.2, -0.15) is 4.31 Å². The second-order valence-corrected chi connectivity index (χ2v) is 7.87. The van der Waals surface area contributed by atoms with Gasteiger partial charge in [0.25, 0.3) is 0 Å². The smallest absolute Gasteiger partial charge is 0.243 e. The number of fused-ring (bicyclic) bond motifs is 2. The van der Waals surface area contributed by atoms with E-state index in [0.29, 0.717) is 18.0 Å². The molecule has 2 heterocycles. The zero-order chi connectivity index (χ0) is 13.8. The van der Waals surface area contributed by atoms with Crippen LogP contribution >= 0.6 is 0 Å². The van der Waals surface area contributed by atoms with Crippen molar-refractivity contribution < 1.29 is 13.2 Å². The Morgan fingerprint density at radius 3 is 2.42 bits per heavy atom. The number of Topliss-reactive ketones (excluding diaryl/α,β-unsaturated/α-hetero) is 1. The minimum atomic E-state index is -3.46. The van der Waals surface area contributed by atoms with E-state index in [9.17, 15) is 13.2 Å². The minimum Gasteiger partial charge on any atom is -0.299 e. The summed E-state index contributed by atoms with van der Waals surface area (Å²) >= 11 is 0. The van der Waals surface area contributed by atoms with E-state index in [1.165, 1.54) is 4.31 Å². The molecule has 0 amide bonds. The molecular weight excluding hydrogens is 262 g/mol. The van der Waals surface area contributed by atoms with Crippen molar-refractivity contribution in [3.63, 3.8) is 0 Å². The lowest BCUT2D eigenvalue weighted by atomic mass is 9.59. The van der Waals surface area contributed by atoms with Gasteiger partial charge in [0, 0.05) is 24.4 Å². The van der Waals surface area contributed by atoms with Gasteiger partial charge >= 0.3 is 0 Å². The van der Waals surface area contributed by atoms with Gasteiger partial charge in [-0.1, -0.05) is 24.6 Å².